The van der Waals surface area contributed by atoms with Gasteiger partial charge in [0.1, 0.15) is 5.75 Å². The highest BCUT2D eigenvalue weighted by Gasteiger charge is 2.17. The van der Waals surface area contributed by atoms with Gasteiger partial charge in [0.2, 0.25) is 5.91 Å². The van der Waals surface area contributed by atoms with E-state index in [4.69, 9.17) is 4.74 Å². The van der Waals surface area contributed by atoms with Crippen molar-refractivity contribution in [3.8, 4) is 5.75 Å². The number of hydrogen-bond donors (Lipinski definition) is 2. The summed E-state index contributed by atoms with van der Waals surface area (Å²) in [5.41, 5.74) is 0.887. The summed E-state index contributed by atoms with van der Waals surface area (Å²) in [5.74, 6) is 0.776. The van der Waals surface area contributed by atoms with Crippen molar-refractivity contribution < 1.29 is 17.9 Å². The first-order valence-electron chi connectivity index (χ1n) is 8.70. The summed E-state index contributed by atoms with van der Waals surface area (Å²) in [6, 6.07) is 12.8. The molecule has 0 heterocycles. The monoisotopic (exact) mass is 386 g/mol. The highest BCUT2D eigenvalue weighted by molar-refractivity contribution is 7.92. The minimum atomic E-state index is -3.77. The number of hydrogen-bond acceptors (Lipinski definition) is 4. The molecule has 0 fully saturated rings. The van der Waals surface area contributed by atoms with Crippen LogP contribution in [0.25, 0.3) is 0 Å². The summed E-state index contributed by atoms with van der Waals surface area (Å²) in [5, 5.41) is 2.78. The molecule has 1 atom stereocenters. The van der Waals surface area contributed by atoms with Gasteiger partial charge in [0.25, 0.3) is 10.0 Å². The van der Waals surface area contributed by atoms with Crippen LogP contribution in [0.4, 0.5) is 11.4 Å². The third-order valence-corrected chi connectivity index (χ3v) is 5.71. The third-order valence-electron chi connectivity index (χ3n) is 4.33. The molecule has 7 heteroatoms. The van der Waals surface area contributed by atoms with Gasteiger partial charge in [0.15, 0.2) is 0 Å². The molecule has 1 aliphatic rings. The van der Waals surface area contributed by atoms with Crippen LogP contribution < -0.4 is 14.8 Å². The van der Waals surface area contributed by atoms with Crippen molar-refractivity contribution in [1.29, 1.82) is 0 Å². The molecule has 0 saturated carbocycles. The van der Waals surface area contributed by atoms with Crippen molar-refractivity contribution in [2.45, 2.75) is 24.2 Å². The van der Waals surface area contributed by atoms with Gasteiger partial charge in [-0.05, 0) is 61.2 Å². The Bertz CT molecular complexity index is 937. The highest BCUT2D eigenvalue weighted by atomic mass is 32.2. The fraction of sp³-hybridized carbons (Fsp3) is 0.250. The molecule has 142 valence electrons. The molecular weight excluding hydrogens is 364 g/mol. The Labute approximate surface area is 159 Å². The van der Waals surface area contributed by atoms with Crippen molar-refractivity contribution in [1.82, 2.24) is 0 Å². The lowest BCUT2D eigenvalue weighted by atomic mass is 10.1. The number of nitrogens with one attached hydrogen (secondary N) is 2. The predicted octanol–water partition coefficient (Wildman–Crippen LogP) is 3.79. The van der Waals surface area contributed by atoms with E-state index in [9.17, 15) is 13.2 Å². The van der Waals surface area contributed by atoms with E-state index < -0.39 is 10.0 Å². The van der Waals surface area contributed by atoms with E-state index in [0.29, 0.717) is 23.5 Å². The molecule has 0 saturated heterocycles. The van der Waals surface area contributed by atoms with Crippen LogP contribution in [-0.4, -0.2) is 21.4 Å². The topological polar surface area (TPSA) is 84.5 Å². The molecule has 0 spiro atoms. The summed E-state index contributed by atoms with van der Waals surface area (Å²) in [7, 11) is -2.22. The van der Waals surface area contributed by atoms with Crippen LogP contribution in [0, 0.1) is 5.92 Å². The second kappa shape index (κ2) is 8.26. The fourth-order valence-electron chi connectivity index (χ4n) is 2.93. The number of rotatable bonds is 7. The summed E-state index contributed by atoms with van der Waals surface area (Å²) < 4.78 is 32.8. The number of carbonyl (C=O) groups excluding carboxylic acids is 1. The molecule has 2 N–H and O–H groups in total. The van der Waals surface area contributed by atoms with Gasteiger partial charge >= 0.3 is 0 Å². The first-order valence-corrected chi connectivity index (χ1v) is 10.2. The van der Waals surface area contributed by atoms with Gasteiger partial charge in [0.05, 0.1) is 12.0 Å². The van der Waals surface area contributed by atoms with Crippen LogP contribution in [0.3, 0.4) is 0 Å². The Morgan fingerprint density at radius 1 is 1.15 bits per heavy atom. The van der Waals surface area contributed by atoms with Crippen LogP contribution >= 0.6 is 0 Å². The molecule has 27 heavy (non-hydrogen) atoms. The van der Waals surface area contributed by atoms with E-state index in [1.54, 1.807) is 43.5 Å². The van der Waals surface area contributed by atoms with Gasteiger partial charge in [-0.3, -0.25) is 9.52 Å². The van der Waals surface area contributed by atoms with E-state index in [1.165, 1.54) is 12.1 Å². The largest absolute Gasteiger partial charge is 0.497 e. The number of ether oxygens (including phenoxy) is 1. The SMILES string of the molecule is COc1ccc(NS(=O)(=O)c2cccc(NC(=O)C[C@H]3C=CCC3)c2)cc1. The zero-order valence-electron chi connectivity index (χ0n) is 15.0. The average Bonchev–Trinajstić information content (AvgIpc) is 3.15. The van der Waals surface area contributed by atoms with E-state index in [1.807, 2.05) is 0 Å². The standard InChI is InChI=1S/C20H22N2O4S/c1-26-18-11-9-16(10-12-18)22-27(24,25)19-8-4-7-17(14-19)21-20(23)13-15-5-2-3-6-15/h2,4-5,7-12,14-15,22H,3,6,13H2,1H3,(H,21,23)/t15-/m0/s1. The smallest absolute Gasteiger partial charge is 0.261 e. The maximum atomic E-state index is 12.6. The van der Waals surface area contributed by atoms with Gasteiger partial charge in [-0.15, -0.1) is 0 Å². The highest BCUT2D eigenvalue weighted by Crippen LogP contribution is 2.23. The zero-order valence-corrected chi connectivity index (χ0v) is 15.8. The minimum absolute atomic E-state index is 0.0804. The molecule has 1 amide bonds. The molecule has 2 aromatic rings. The number of sulfonamides is 1. The molecule has 0 aliphatic heterocycles. The number of anilines is 2. The zero-order chi connectivity index (χ0) is 19.3. The first kappa shape index (κ1) is 19.0. The van der Waals surface area contributed by atoms with Crippen molar-refractivity contribution in [2.24, 2.45) is 5.92 Å². The molecule has 1 aliphatic carbocycles. The van der Waals surface area contributed by atoms with Gasteiger partial charge < -0.3 is 10.1 Å². The normalized spacial score (nSPS) is 16.1. The second-order valence-corrected chi connectivity index (χ2v) is 8.06. The quantitative estimate of drug-likeness (QED) is 0.709. The van der Waals surface area contributed by atoms with Crippen molar-refractivity contribution >= 4 is 27.3 Å². The lowest BCUT2D eigenvalue weighted by Gasteiger charge is -2.12. The Morgan fingerprint density at radius 3 is 2.59 bits per heavy atom. The third kappa shape index (κ3) is 5.10. The van der Waals surface area contributed by atoms with Crippen LogP contribution in [-0.2, 0) is 14.8 Å². The van der Waals surface area contributed by atoms with E-state index in [2.05, 4.69) is 22.2 Å². The Balaban J connectivity index is 1.69. The molecule has 2 aromatic carbocycles. The Hall–Kier alpha value is -2.80. The van der Waals surface area contributed by atoms with Crippen LogP contribution in [0.1, 0.15) is 19.3 Å². The molecule has 3 rings (SSSR count). The average molecular weight is 386 g/mol. The van der Waals surface area contributed by atoms with Crippen molar-refractivity contribution in [2.75, 3.05) is 17.1 Å². The first-order chi connectivity index (χ1) is 13.0. The Morgan fingerprint density at radius 2 is 1.93 bits per heavy atom. The Kier molecular flexibility index (Phi) is 5.81. The maximum Gasteiger partial charge on any atom is 0.261 e. The summed E-state index contributed by atoms with van der Waals surface area (Å²) in [6.07, 6.45) is 6.52. The van der Waals surface area contributed by atoms with Gasteiger partial charge in [-0.1, -0.05) is 18.2 Å². The molecule has 0 aromatic heterocycles. The second-order valence-electron chi connectivity index (χ2n) is 6.38. The van der Waals surface area contributed by atoms with E-state index >= 15 is 0 Å². The number of benzene rings is 2. The van der Waals surface area contributed by atoms with Crippen LogP contribution in [0.2, 0.25) is 0 Å². The molecule has 6 nitrogen and oxygen atoms in total. The van der Waals surface area contributed by atoms with E-state index in [-0.39, 0.29) is 16.7 Å². The summed E-state index contributed by atoms with van der Waals surface area (Å²) >= 11 is 0. The number of methoxy groups -OCH3 is 1. The van der Waals surface area contributed by atoms with Gasteiger partial charge in [-0.25, -0.2) is 8.42 Å². The minimum Gasteiger partial charge on any atom is -0.497 e. The molecular formula is C20H22N2O4S. The van der Waals surface area contributed by atoms with Crippen LogP contribution in [0.15, 0.2) is 65.6 Å². The molecule has 0 radical (unpaired) electrons. The van der Waals surface area contributed by atoms with Crippen molar-refractivity contribution in [3.63, 3.8) is 0 Å². The number of allylic oxidation sites excluding steroid dienone is 2. The van der Waals surface area contributed by atoms with Crippen molar-refractivity contribution in [3.05, 3.63) is 60.7 Å². The molecule has 0 bridgehead atoms. The van der Waals surface area contributed by atoms with Crippen LogP contribution in [0.5, 0.6) is 5.75 Å². The van der Waals surface area contributed by atoms with Gasteiger partial charge in [0, 0.05) is 17.8 Å². The molecule has 0 unspecified atom stereocenters. The summed E-state index contributed by atoms with van der Waals surface area (Å²) in [6.45, 7) is 0. The number of carbonyl (C=O) groups is 1. The lowest BCUT2D eigenvalue weighted by molar-refractivity contribution is -0.116. The van der Waals surface area contributed by atoms with Gasteiger partial charge in [-0.2, -0.15) is 0 Å². The fourth-order valence-corrected chi connectivity index (χ4v) is 4.03. The predicted molar refractivity (Wildman–Crippen MR) is 105 cm³/mol. The number of amides is 1. The van der Waals surface area contributed by atoms with E-state index in [0.717, 1.165) is 12.8 Å². The summed E-state index contributed by atoms with van der Waals surface area (Å²) in [4.78, 5) is 12.2. The lowest BCUT2D eigenvalue weighted by Crippen LogP contribution is -2.16. The maximum absolute atomic E-state index is 12.6.